The summed E-state index contributed by atoms with van der Waals surface area (Å²) < 4.78 is 0. The molecule has 8 heteroatoms. The number of nitrogens with two attached hydrogens (primary N) is 1. The van der Waals surface area contributed by atoms with Gasteiger partial charge >= 0.3 is 5.84 Å². The first-order chi connectivity index (χ1) is 6.57. The van der Waals surface area contributed by atoms with Gasteiger partial charge in [-0.15, -0.1) is 0 Å². The van der Waals surface area contributed by atoms with Crippen LogP contribution in [-0.2, 0) is 0 Å². The maximum absolute atomic E-state index is 11.2. The number of aromatic amines is 1. The Hall–Kier alpha value is -2.09. The van der Waals surface area contributed by atoms with Gasteiger partial charge < -0.3 is 15.1 Å². The molecule has 0 spiro atoms. The Morgan fingerprint density at radius 3 is 2.93 bits per heavy atom. The molecular weight excluding hydrogens is 190 g/mol. The smallest absolute Gasteiger partial charge is 0.358 e. The molecule has 0 aliphatic heterocycles. The number of rotatable bonds is 2. The van der Waals surface area contributed by atoms with Crippen molar-refractivity contribution in [2.45, 2.75) is 0 Å². The highest BCUT2D eigenvalue weighted by molar-refractivity contribution is 5.92. The predicted octanol–water partition coefficient (Wildman–Crippen LogP) is -1.80. The molecule has 1 aromatic rings. The normalized spacial score (nSPS) is 9.79. The van der Waals surface area contributed by atoms with E-state index in [-0.39, 0.29) is 11.4 Å². The number of amidine groups is 1. The number of hydrogen-bond donors (Lipinski definition) is 3. The summed E-state index contributed by atoms with van der Waals surface area (Å²) in [5.41, 5.74) is -1.00. The molecule has 0 saturated heterocycles. The molecule has 1 aromatic heterocycles. The van der Waals surface area contributed by atoms with E-state index in [9.17, 15) is 14.9 Å². The largest absolute Gasteiger partial charge is 0.376 e. The summed E-state index contributed by atoms with van der Waals surface area (Å²) in [4.78, 5) is 26.4. The summed E-state index contributed by atoms with van der Waals surface area (Å²) in [7, 11) is 1.58. The van der Waals surface area contributed by atoms with Crippen molar-refractivity contribution < 1.29 is 10.2 Å². The van der Waals surface area contributed by atoms with Crippen molar-refractivity contribution in [2.24, 2.45) is 0 Å². The number of H-pyrrole nitrogens is 1. The topological polar surface area (TPSA) is 129 Å². The molecule has 0 bridgehead atoms. The van der Waals surface area contributed by atoms with Crippen molar-refractivity contribution in [3.63, 3.8) is 0 Å². The number of hydrogen-bond acceptors (Lipinski definition) is 5. The second kappa shape index (κ2) is 3.75. The fourth-order valence-electron chi connectivity index (χ4n) is 0.952. The predicted molar refractivity (Wildman–Crippen MR) is 46.2 cm³/mol. The van der Waals surface area contributed by atoms with Gasteiger partial charge in [-0.05, 0) is 4.92 Å². The van der Waals surface area contributed by atoms with E-state index in [4.69, 9.17) is 5.41 Å². The molecule has 0 unspecified atom stereocenters. The van der Waals surface area contributed by atoms with Crippen LogP contribution in [0.1, 0.15) is 5.56 Å². The molecule has 14 heavy (non-hydrogen) atoms. The molecule has 4 N–H and O–H groups in total. The molecule has 0 atom stereocenters. The molecule has 0 radical (unpaired) electrons. The Morgan fingerprint density at radius 2 is 2.43 bits per heavy atom. The van der Waals surface area contributed by atoms with Crippen molar-refractivity contribution in [1.82, 2.24) is 9.97 Å². The highest BCUT2D eigenvalue weighted by Crippen LogP contribution is 1.99. The monoisotopic (exact) mass is 198 g/mol. The second-order valence-corrected chi connectivity index (χ2v) is 2.39. The van der Waals surface area contributed by atoms with Crippen molar-refractivity contribution >= 4 is 11.7 Å². The minimum atomic E-state index is -0.951. The van der Waals surface area contributed by atoms with Crippen molar-refractivity contribution in [3.8, 4) is 0 Å². The van der Waals surface area contributed by atoms with E-state index < -0.39 is 16.3 Å². The van der Waals surface area contributed by atoms with Gasteiger partial charge in [0.05, 0.1) is 7.05 Å². The molecule has 1 rings (SSSR count). The van der Waals surface area contributed by atoms with Crippen LogP contribution >= 0.6 is 0 Å². The van der Waals surface area contributed by atoms with Crippen molar-refractivity contribution in [1.29, 1.82) is 5.41 Å². The Labute approximate surface area is 77.7 Å². The molecule has 8 nitrogen and oxygen atoms in total. The minimum Gasteiger partial charge on any atom is -0.358 e. The van der Waals surface area contributed by atoms with Crippen LogP contribution in [0.2, 0.25) is 0 Å². The van der Waals surface area contributed by atoms with E-state index >= 15 is 0 Å². The zero-order chi connectivity index (χ0) is 10.7. The Balaban J connectivity index is 3.38. The van der Waals surface area contributed by atoms with Gasteiger partial charge in [0.15, 0.2) is 0 Å². The minimum absolute atomic E-state index is 0.135. The maximum atomic E-state index is 11.2. The summed E-state index contributed by atoms with van der Waals surface area (Å²) >= 11 is 0. The summed E-state index contributed by atoms with van der Waals surface area (Å²) in [5.74, 6) is -0.817. The third-order valence-corrected chi connectivity index (χ3v) is 1.58. The van der Waals surface area contributed by atoms with E-state index in [0.29, 0.717) is 0 Å². The van der Waals surface area contributed by atoms with Crippen LogP contribution in [0.3, 0.4) is 0 Å². The molecule has 0 aromatic carbocycles. The molecule has 0 amide bonds. The number of nitrogens with zero attached hydrogens (tertiary/aromatic N) is 2. The molecule has 74 valence electrons. The first-order valence-corrected chi connectivity index (χ1v) is 3.68. The average molecular weight is 198 g/mol. The van der Waals surface area contributed by atoms with Crippen molar-refractivity contribution in [2.75, 3.05) is 7.05 Å². The van der Waals surface area contributed by atoms with Gasteiger partial charge in [0, 0.05) is 0 Å². The fraction of sp³-hybridized carbons (Fsp3) is 0.167. The zero-order valence-corrected chi connectivity index (χ0v) is 7.27. The molecule has 0 saturated carbocycles. The Kier molecular flexibility index (Phi) is 2.67. The highest BCUT2D eigenvalue weighted by Gasteiger charge is 2.24. The SMILES string of the molecule is C[NH2+]c1nc[nH]c(=O)c1C(=N)[N+](=O)[O-]. The van der Waals surface area contributed by atoms with Gasteiger partial charge in [0.25, 0.3) is 5.56 Å². The maximum Gasteiger partial charge on any atom is 0.376 e. The summed E-state index contributed by atoms with van der Waals surface area (Å²) in [6.45, 7) is 0. The lowest BCUT2D eigenvalue weighted by molar-refractivity contribution is -0.543. The summed E-state index contributed by atoms with van der Waals surface area (Å²) in [6.07, 6.45) is 1.13. The van der Waals surface area contributed by atoms with Gasteiger partial charge in [-0.2, -0.15) is 4.98 Å². The first-order valence-electron chi connectivity index (χ1n) is 3.68. The van der Waals surface area contributed by atoms with Gasteiger partial charge in [-0.3, -0.25) is 10.1 Å². The number of aromatic nitrogens is 2. The van der Waals surface area contributed by atoms with Crippen LogP contribution in [0.4, 0.5) is 5.82 Å². The molecule has 0 aliphatic carbocycles. The second-order valence-electron chi connectivity index (χ2n) is 2.39. The molecular formula is C6H8N5O3+. The molecule has 0 fully saturated rings. The van der Waals surface area contributed by atoms with Crippen LogP contribution in [-0.4, -0.2) is 27.8 Å². The van der Waals surface area contributed by atoms with Gasteiger partial charge in [-0.1, -0.05) is 5.41 Å². The fourth-order valence-corrected chi connectivity index (χ4v) is 0.952. The van der Waals surface area contributed by atoms with E-state index in [1.54, 1.807) is 7.05 Å². The average Bonchev–Trinajstić information content (AvgIpc) is 2.16. The number of nitrogens with one attached hydrogen (secondary N) is 2. The third-order valence-electron chi connectivity index (χ3n) is 1.58. The lowest BCUT2D eigenvalue weighted by Gasteiger charge is -1.98. The number of quaternary nitrogens is 1. The van der Waals surface area contributed by atoms with E-state index in [2.05, 4.69) is 9.97 Å². The van der Waals surface area contributed by atoms with E-state index in [0.717, 1.165) is 6.33 Å². The van der Waals surface area contributed by atoms with Crippen LogP contribution in [0.5, 0.6) is 0 Å². The zero-order valence-electron chi connectivity index (χ0n) is 7.27. The van der Waals surface area contributed by atoms with Gasteiger partial charge in [0.1, 0.15) is 6.33 Å². The highest BCUT2D eigenvalue weighted by atomic mass is 16.6. The van der Waals surface area contributed by atoms with E-state index in [1.165, 1.54) is 5.32 Å². The van der Waals surface area contributed by atoms with Crippen LogP contribution < -0.4 is 10.9 Å². The van der Waals surface area contributed by atoms with Crippen molar-refractivity contribution in [3.05, 3.63) is 32.4 Å². The first kappa shape index (κ1) is 9.99. The Bertz CT molecular complexity index is 437. The quantitative estimate of drug-likeness (QED) is 0.224. The van der Waals surface area contributed by atoms with E-state index in [1.807, 2.05) is 0 Å². The molecule has 0 aliphatic rings. The van der Waals surface area contributed by atoms with Crippen LogP contribution in [0, 0.1) is 15.5 Å². The lowest BCUT2D eigenvalue weighted by atomic mass is 10.3. The third kappa shape index (κ3) is 1.64. The Morgan fingerprint density at radius 1 is 1.79 bits per heavy atom. The van der Waals surface area contributed by atoms with Gasteiger partial charge in [0.2, 0.25) is 11.4 Å². The number of nitro groups is 1. The molecule has 1 heterocycles. The van der Waals surface area contributed by atoms with Crippen LogP contribution in [0.15, 0.2) is 11.1 Å². The summed E-state index contributed by atoms with van der Waals surface area (Å²) in [6, 6.07) is 0. The standard InChI is InChI=1S/C6H7N5O3/c1-8-5-3(4(7)11(13)14)6(12)10-2-9-5/h2,7H,1H3,(H2,8,9,10,12)/p+1. The summed E-state index contributed by atoms with van der Waals surface area (Å²) in [5, 5.41) is 18.8. The lowest BCUT2D eigenvalue weighted by Crippen LogP contribution is -2.74. The van der Waals surface area contributed by atoms with Gasteiger partial charge in [-0.25, -0.2) is 0 Å². The van der Waals surface area contributed by atoms with Crippen LogP contribution in [0.25, 0.3) is 0 Å².